The maximum absolute atomic E-state index is 12.1. The van der Waals surface area contributed by atoms with Gasteiger partial charge in [-0.1, -0.05) is 23.7 Å². The highest BCUT2D eigenvalue weighted by Gasteiger charge is 2.25. The predicted octanol–water partition coefficient (Wildman–Crippen LogP) is 2.51. The molecule has 1 N–H and O–H groups in total. The quantitative estimate of drug-likeness (QED) is 0.729. The molecule has 29 heavy (non-hydrogen) atoms. The summed E-state index contributed by atoms with van der Waals surface area (Å²) in [5.41, 5.74) is 1.26. The Labute approximate surface area is 171 Å². The van der Waals surface area contributed by atoms with Crippen LogP contribution in [0, 0.1) is 11.3 Å². The predicted molar refractivity (Wildman–Crippen MR) is 105 cm³/mol. The maximum atomic E-state index is 12.1. The fourth-order valence-electron chi connectivity index (χ4n) is 2.70. The molecule has 2 aromatic rings. The first-order valence-electron chi connectivity index (χ1n) is 8.65. The summed E-state index contributed by atoms with van der Waals surface area (Å²) in [6, 6.07) is 13.4. The van der Waals surface area contributed by atoms with Gasteiger partial charge in [-0.2, -0.15) is 5.26 Å². The van der Waals surface area contributed by atoms with E-state index in [0.29, 0.717) is 17.1 Å². The van der Waals surface area contributed by atoms with Crippen LogP contribution in [0.1, 0.15) is 12.0 Å². The van der Waals surface area contributed by atoms with Gasteiger partial charge in [0.1, 0.15) is 11.8 Å². The van der Waals surface area contributed by atoms with Crippen molar-refractivity contribution >= 4 is 40.8 Å². The Morgan fingerprint density at radius 3 is 2.83 bits per heavy atom. The Hall–Kier alpha value is -3.57. The molecular formula is C20H16ClN3O5. The summed E-state index contributed by atoms with van der Waals surface area (Å²) in [4.78, 5) is 37.4. The molecule has 2 amide bonds. The molecule has 0 aliphatic carbocycles. The molecule has 3 rings (SSSR count). The number of carbonyl (C=O) groups is 3. The Kier molecular flexibility index (Phi) is 6.32. The van der Waals surface area contributed by atoms with Crippen LogP contribution in [0.15, 0.2) is 42.5 Å². The van der Waals surface area contributed by atoms with Gasteiger partial charge in [-0.15, -0.1) is 0 Å². The molecular weight excluding hydrogens is 398 g/mol. The van der Waals surface area contributed by atoms with E-state index >= 15 is 0 Å². The summed E-state index contributed by atoms with van der Waals surface area (Å²) < 4.78 is 10.3. The molecule has 0 saturated heterocycles. The number of nitriles is 1. The number of carbonyl (C=O) groups excluding carboxylic acids is 3. The van der Waals surface area contributed by atoms with Crippen molar-refractivity contribution < 1.29 is 23.9 Å². The number of ether oxygens (including phenoxy) is 2. The zero-order valence-corrected chi connectivity index (χ0v) is 15.9. The molecule has 9 heteroatoms. The first-order chi connectivity index (χ1) is 14.0. The van der Waals surface area contributed by atoms with Crippen molar-refractivity contribution in [1.29, 1.82) is 5.26 Å². The lowest BCUT2D eigenvalue weighted by molar-refractivity contribution is -0.147. The van der Waals surface area contributed by atoms with E-state index in [1.807, 2.05) is 6.07 Å². The number of esters is 1. The minimum absolute atomic E-state index is 0.0734. The van der Waals surface area contributed by atoms with Gasteiger partial charge in [0.05, 0.1) is 22.7 Å². The van der Waals surface area contributed by atoms with Crippen molar-refractivity contribution in [2.45, 2.75) is 6.42 Å². The van der Waals surface area contributed by atoms with Gasteiger partial charge in [0.2, 0.25) is 0 Å². The SMILES string of the molecule is N#Cc1ccc(NC(=O)COC(=O)CCN2C(=O)COc3ccccc32)cc1Cl. The van der Waals surface area contributed by atoms with E-state index < -0.39 is 18.5 Å². The third-order valence-corrected chi connectivity index (χ3v) is 4.40. The van der Waals surface area contributed by atoms with E-state index in [2.05, 4.69) is 5.32 Å². The zero-order chi connectivity index (χ0) is 20.8. The first-order valence-corrected chi connectivity index (χ1v) is 9.03. The minimum atomic E-state index is -0.616. The number of rotatable bonds is 6. The largest absolute Gasteiger partial charge is 0.482 e. The van der Waals surface area contributed by atoms with Crippen molar-refractivity contribution in [3.8, 4) is 11.8 Å². The number of benzene rings is 2. The smallest absolute Gasteiger partial charge is 0.308 e. The molecule has 1 aliphatic heterocycles. The molecule has 1 aliphatic rings. The molecule has 0 aromatic heterocycles. The average Bonchev–Trinajstić information content (AvgIpc) is 2.71. The van der Waals surface area contributed by atoms with Crippen LogP contribution in [-0.4, -0.2) is 37.5 Å². The maximum Gasteiger partial charge on any atom is 0.308 e. The van der Waals surface area contributed by atoms with Crippen molar-refractivity contribution in [1.82, 2.24) is 0 Å². The minimum Gasteiger partial charge on any atom is -0.482 e. The number of fused-ring (bicyclic) bond motifs is 1. The summed E-state index contributed by atoms with van der Waals surface area (Å²) in [6.07, 6.45) is -0.0734. The highest BCUT2D eigenvalue weighted by atomic mass is 35.5. The Balaban J connectivity index is 1.48. The van der Waals surface area contributed by atoms with Crippen molar-refractivity contribution in [3.05, 3.63) is 53.1 Å². The second-order valence-corrected chi connectivity index (χ2v) is 6.47. The van der Waals surface area contributed by atoms with Crippen LogP contribution >= 0.6 is 11.6 Å². The highest BCUT2D eigenvalue weighted by Crippen LogP contribution is 2.31. The topological polar surface area (TPSA) is 109 Å². The monoisotopic (exact) mass is 413 g/mol. The third-order valence-electron chi connectivity index (χ3n) is 4.09. The van der Waals surface area contributed by atoms with E-state index in [1.54, 1.807) is 24.3 Å². The second-order valence-electron chi connectivity index (χ2n) is 6.07. The van der Waals surface area contributed by atoms with E-state index in [4.69, 9.17) is 26.3 Å². The van der Waals surface area contributed by atoms with Crippen molar-refractivity contribution in [3.63, 3.8) is 0 Å². The molecule has 0 unspecified atom stereocenters. The molecule has 148 valence electrons. The van der Waals surface area contributed by atoms with Crippen LogP contribution in [0.5, 0.6) is 5.75 Å². The van der Waals surface area contributed by atoms with Crippen LogP contribution in [0.3, 0.4) is 0 Å². The van der Waals surface area contributed by atoms with Gasteiger partial charge in [0.25, 0.3) is 11.8 Å². The molecule has 0 spiro atoms. The van der Waals surface area contributed by atoms with Gasteiger partial charge in [-0.25, -0.2) is 0 Å². The molecule has 0 saturated carbocycles. The number of nitrogens with zero attached hydrogens (tertiary/aromatic N) is 2. The third kappa shape index (κ3) is 5.03. The number of para-hydroxylation sites is 2. The second kappa shape index (κ2) is 9.08. The number of halogens is 1. The summed E-state index contributed by atoms with van der Waals surface area (Å²) >= 11 is 5.90. The fourth-order valence-corrected chi connectivity index (χ4v) is 2.92. The lowest BCUT2D eigenvalue weighted by atomic mass is 10.2. The Morgan fingerprint density at radius 2 is 2.07 bits per heavy atom. The van der Waals surface area contributed by atoms with E-state index in [0.717, 1.165) is 0 Å². The van der Waals surface area contributed by atoms with E-state index in [-0.39, 0.29) is 36.1 Å². The lowest BCUT2D eigenvalue weighted by Gasteiger charge is -2.28. The Bertz CT molecular complexity index is 1000. The van der Waals surface area contributed by atoms with Crippen LogP contribution in [-0.2, 0) is 19.1 Å². The number of amides is 2. The molecule has 0 atom stereocenters. The molecule has 8 nitrogen and oxygen atoms in total. The summed E-state index contributed by atoms with van der Waals surface area (Å²) in [7, 11) is 0. The normalized spacial score (nSPS) is 12.4. The highest BCUT2D eigenvalue weighted by molar-refractivity contribution is 6.32. The first kappa shape index (κ1) is 20.2. The summed E-state index contributed by atoms with van der Waals surface area (Å²) in [5.74, 6) is -0.852. The van der Waals surface area contributed by atoms with Gasteiger partial charge in [0, 0.05) is 12.2 Å². The number of anilines is 2. The van der Waals surface area contributed by atoms with Gasteiger partial charge in [-0.05, 0) is 30.3 Å². The molecule has 1 heterocycles. The van der Waals surface area contributed by atoms with Gasteiger partial charge in [-0.3, -0.25) is 14.4 Å². The lowest BCUT2D eigenvalue weighted by Crippen LogP contribution is -2.40. The number of nitrogens with one attached hydrogen (secondary N) is 1. The van der Waals surface area contributed by atoms with Gasteiger partial charge in [0.15, 0.2) is 13.2 Å². The van der Waals surface area contributed by atoms with Crippen LogP contribution in [0.4, 0.5) is 11.4 Å². The van der Waals surface area contributed by atoms with Gasteiger partial charge >= 0.3 is 5.97 Å². The summed E-state index contributed by atoms with van der Waals surface area (Å²) in [6.45, 7) is -0.462. The molecule has 0 bridgehead atoms. The standard InChI is InChI=1S/C20H16ClN3O5/c21-15-9-14(6-5-13(15)10-22)23-18(25)11-29-20(27)7-8-24-16-3-1-2-4-17(16)28-12-19(24)26/h1-6,9H,7-8,11-12H2,(H,23,25). The van der Waals surface area contributed by atoms with Crippen LogP contribution < -0.4 is 15.0 Å². The molecule has 0 fully saturated rings. The zero-order valence-electron chi connectivity index (χ0n) is 15.2. The average molecular weight is 414 g/mol. The molecule has 2 aromatic carbocycles. The summed E-state index contributed by atoms with van der Waals surface area (Å²) in [5, 5.41) is 11.6. The van der Waals surface area contributed by atoms with E-state index in [9.17, 15) is 14.4 Å². The number of hydrogen-bond acceptors (Lipinski definition) is 6. The number of hydrogen-bond donors (Lipinski definition) is 1. The van der Waals surface area contributed by atoms with Crippen LogP contribution in [0.2, 0.25) is 5.02 Å². The van der Waals surface area contributed by atoms with Crippen molar-refractivity contribution in [2.24, 2.45) is 0 Å². The van der Waals surface area contributed by atoms with Crippen LogP contribution in [0.25, 0.3) is 0 Å². The van der Waals surface area contributed by atoms with Gasteiger partial charge < -0.3 is 19.7 Å². The molecule has 0 radical (unpaired) electrons. The van der Waals surface area contributed by atoms with E-state index in [1.165, 1.54) is 23.1 Å². The van der Waals surface area contributed by atoms with Crippen molar-refractivity contribution in [2.75, 3.05) is 30.0 Å². The fraction of sp³-hybridized carbons (Fsp3) is 0.200. The Morgan fingerprint density at radius 1 is 1.28 bits per heavy atom.